The molecular formula is C16H19FN2O3. The number of hydrogen-bond donors (Lipinski definition) is 2. The molecule has 0 radical (unpaired) electrons. The number of amides is 1. The van der Waals surface area contributed by atoms with Crippen LogP contribution in [-0.4, -0.2) is 42.4 Å². The van der Waals surface area contributed by atoms with Gasteiger partial charge in [0.25, 0.3) is 5.91 Å². The van der Waals surface area contributed by atoms with Crippen molar-refractivity contribution in [2.24, 2.45) is 0 Å². The number of fused-ring (bicyclic) bond motifs is 1. The fraction of sp³-hybridized carbons (Fsp3) is 0.375. The molecule has 1 atom stereocenters. The van der Waals surface area contributed by atoms with Crippen molar-refractivity contribution < 1.29 is 19.0 Å². The van der Waals surface area contributed by atoms with Crippen molar-refractivity contribution in [3.8, 4) is 0 Å². The van der Waals surface area contributed by atoms with Gasteiger partial charge in [-0.05, 0) is 31.5 Å². The summed E-state index contributed by atoms with van der Waals surface area (Å²) >= 11 is 0. The van der Waals surface area contributed by atoms with Crippen LogP contribution < -0.4 is 5.32 Å². The fourth-order valence-electron chi connectivity index (χ4n) is 2.19. The number of benzene rings is 1. The number of halogens is 1. The molecule has 6 heteroatoms. The molecule has 0 saturated heterocycles. The second-order valence-corrected chi connectivity index (χ2v) is 5.11. The Labute approximate surface area is 128 Å². The van der Waals surface area contributed by atoms with Crippen LogP contribution in [0.4, 0.5) is 4.39 Å². The second kappa shape index (κ2) is 7.29. The minimum absolute atomic E-state index is 0.234. The van der Waals surface area contributed by atoms with Crippen molar-refractivity contribution in [2.75, 3.05) is 20.3 Å². The van der Waals surface area contributed by atoms with Gasteiger partial charge in [0.15, 0.2) is 0 Å². The summed E-state index contributed by atoms with van der Waals surface area (Å²) in [5.74, 6) is -0.621. The summed E-state index contributed by atoms with van der Waals surface area (Å²) in [6, 6.07) is 5.96. The lowest BCUT2D eigenvalue weighted by molar-refractivity contribution is 0.0587. The molecule has 22 heavy (non-hydrogen) atoms. The molecule has 0 aliphatic heterocycles. The summed E-state index contributed by atoms with van der Waals surface area (Å²) in [6.07, 6.45) is -0.200. The normalized spacial score (nSPS) is 12.4. The number of hydrogen-bond acceptors (Lipinski definition) is 4. The van der Waals surface area contributed by atoms with Gasteiger partial charge < -0.3 is 15.2 Å². The highest BCUT2D eigenvalue weighted by Crippen LogP contribution is 2.17. The van der Waals surface area contributed by atoms with E-state index in [0.29, 0.717) is 35.1 Å². The van der Waals surface area contributed by atoms with Crippen molar-refractivity contribution >= 4 is 16.8 Å². The molecule has 5 nitrogen and oxygen atoms in total. The highest BCUT2D eigenvalue weighted by atomic mass is 19.1. The first kappa shape index (κ1) is 16.3. The van der Waals surface area contributed by atoms with Crippen LogP contribution in [0.5, 0.6) is 0 Å². The van der Waals surface area contributed by atoms with Crippen LogP contribution in [0.15, 0.2) is 24.3 Å². The summed E-state index contributed by atoms with van der Waals surface area (Å²) in [5, 5.41) is 13.0. The number of aromatic nitrogens is 1. The van der Waals surface area contributed by atoms with E-state index in [2.05, 4.69) is 10.3 Å². The van der Waals surface area contributed by atoms with E-state index in [1.165, 1.54) is 19.2 Å². The van der Waals surface area contributed by atoms with Crippen molar-refractivity contribution in [1.82, 2.24) is 10.3 Å². The Balaban J connectivity index is 2.08. The largest absolute Gasteiger partial charge is 0.391 e. The number of methoxy groups -OCH3 is 1. The first-order chi connectivity index (χ1) is 10.5. The number of aliphatic hydroxyl groups is 1. The molecular weight excluding hydrogens is 287 g/mol. The maximum absolute atomic E-state index is 13.2. The number of nitrogens with zero attached hydrogens (tertiary/aromatic N) is 1. The van der Waals surface area contributed by atoms with Crippen LogP contribution >= 0.6 is 0 Å². The van der Waals surface area contributed by atoms with E-state index < -0.39 is 6.10 Å². The van der Waals surface area contributed by atoms with E-state index in [-0.39, 0.29) is 18.3 Å². The molecule has 0 aliphatic rings. The Bertz CT molecular complexity index is 676. The van der Waals surface area contributed by atoms with Crippen LogP contribution in [0.2, 0.25) is 0 Å². The number of aryl methyl sites for hydroxylation is 1. The van der Waals surface area contributed by atoms with Gasteiger partial charge in [0, 0.05) is 25.1 Å². The van der Waals surface area contributed by atoms with E-state index >= 15 is 0 Å². The lowest BCUT2D eigenvalue weighted by Crippen LogP contribution is -2.29. The van der Waals surface area contributed by atoms with Crippen molar-refractivity contribution in [3.05, 3.63) is 41.3 Å². The van der Waals surface area contributed by atoms with Gasteiger partial charge in [-0.25, -0.2) is 4.39 Å². The standard InChI is InChI=1S/C16H19FN2O3/c1-10-14(16(21)18-6-5-13(20)9-22-2)7-11-3-4-12(17)8-15(11)19-10/h3-4,7-8,13,20H,5-6,9H2,1-2H3,(H,18,21). The van der Waals surface area contributed by atoms with Crippen LogP contribution in [0.1, 0.15) is 22.5 Å². The van der Waals surface area contributed by atoms with Gasteiger partial charge in [-0.2, -0.15) is 0 Å². The smallest absolute Gasteiger partial charge is 0.253 e. The molecule has 2 rings (SSSR count). The molecule has 0 bridgehead atoms. The third kappa shape index (κ3) is 3.99. The zero-order chi connectivity index (χ0) is 16.1. The van der Waals surface area contributed by atoms with E-state index in [0.717, 1.165) is 0 Å². The van der Waals surface area contributed by atoms with Crippen molar-refractivity contribution in [2.45, 2.75) is 19.4 Å². The van der Waals surface area contributed by atoms with Gasteiger partial charge in [0.05, 0.1) is 29.5 Å². The van der Waals surface area contributed by atoms with E-state index in [9.17, 15) is 14.3 Å². The highest BCUT2D eigenvalue weighted by molar-refractivity contribution is 5.98. The van der Waals surface area contributed by atoms with E-state index in [4.69, 9.17) is 4.74 Å². The predicted octanol–water partition coefficient (Wildman–Crippen LogP) is 1.81. The molecule has 0 saturated carbocycles. The number of nitrogens with one attached hydrogen (secondary N) is 1. The summed E-state index contributed by atoms with van der Waals surface area (Å²) in [6.45, 7) is 2.28. The monoisotopic (exact) mass is 306 g/mol. The Morgan fingerprint density at radius 1 is 1.45 bits per heavy atom. The van der Waals surface area contributed by atoms with Gasteiger partial charge in [0.2, 0.25) is 0 Å². The first-order valence-corrected chi connectivity index (χ1v) is 7.03. The number of carbonyl (C=O) groups is 1. The number of rotatable bonds is 6. The van der Waals surface area contributed by atoms with Crippen LogP contribution in [0.3, 0.4) is 0 Å². The average molecular weight is 306 g/mol. The number of carbonyl (C=O) groups excluding carboxylic acids is 1. The third-order valence-corrected chi connectivity index (χ3v) is 3.34. The molecule has 0 spiro atoms. The minimum atomic E-state index is -0.607. The van der Waals surface area contributed by atoms with Crippen LogP contribution in [0, 0.1) is 12.7 Å². The van der Waals surface area contributed by atoms with E-state index in [1.54, 1.807) is 19.1 Å². The third-order valence-electron chi connectivity index (χ3n) is 3.34. The molecule has 2 N–H and O–H groups in total. The second-order valence-electron chi connectivity index (χ2n) is 5.11. The summed E-state index contributed by atoms with van der Waals surface area (Å²) < 4.78 is 18.0. The Kier molecular flexibility index (Phi) is 5.41. The molecule has 1 amide bonds. The van der Waals surface area contributed by atoms with E-state index in [1.807, 2.05) is 0 Å². The van der Waals surface area contributed by atoms with Crippen molar-refractivity contribution in [3.63, 3.8) is 0 Å². The lowest BCUT2D eigenvalue weighted by atomic mass is 10.1. The zero-order valence-electron chi connectivity index (χ0n) is 12.6. The molecule has 2 aromatic rings. The Hall–Kier alpha value is -2.05. The van der Waals surface area contributed by atoms with Gasteiger partial charge in [-0.3, -0.25) is 9.78 Å². The predicted molar refractivity (Wildman–Crippen MR) is 81.3 cm³/mol. The molecule has 0 aliphatic carbocycles. The van der Waals surface area contributed by atoms with Crippen LogP contribution in [-0.2, 0) is 4.74 Å². The number of ether oxygens (including phenoxy) is 1. The molecule has 1 unspecified atom stereocenters. The number of pyridine rings is 1. The quantitative estimate of drug-likeness (QED) is 0.854. The molecule has 1 heterocycles. The van der Waals surface area contributed by atoms with Gasteiger partial charge in [0.1, 0.15) is 5.82 Å². The van der Waals surface area contributed by atoms with Gasteiger partial charge in [-0.1, -0.05) is 0 Å². The average Bonchev–Trinajstić information content (AvgIpc) is 2.46. The lowest BCUT2D eigenvalue weighted by Gasteiger charge is -2.11. The van der Waals surface area contributed by atoms with Gasteiger partial charge >= 0.3 is 0 Å². The molecule has 1 aromatic heterocycles. The summed E-state index contributed by atoms with van der Waals surface area (Å²) in [5.41, 5.74) is 1.50. The maximum atomic E-state index is 13.2. The fourth-order valence-corrected chi connectivity index (χ4v) is 2.19. The summed E-state index contributed by atoms with van der Waals surface area (Å²) in [7, 11) is 1.51. The molecule has 1 aromatic carbocycles. The Morgan fingerprint density at radius 2 is 2.23 bits per heavy atom. The molecule has 118 valence electrons. The van der Waals surface area contributed by atoms with Gasteiger partial charge in [-0.15, -0.1) is 0 Å². The topological polar surface area (TPSA) is 71.5 Å². The highest BCUT2D eigenvalue weighted by Gasteiger charge is 2.12. The zero-order valence-corrected chi connectivity index (χ0v) is 12.6. The number of aliphatic hydroxyl groups excluding tert-OH is 1. The maximum Gasteiger partial charge on any atom is 0.253 e. The SMILES string of the molecule is COCC(O)CCNC(=O)c1cc2ccc(F)cc2nc1C. The van der Waals surface area contributed by atoms with Crippen molar-refractivity contribution in [1.29, 1.82) is 0 Å². The minimum Gasteiger partial charge on any atom is -0.391 e. The Morgan fingerprint density at radius 3 is 2.95 bits per heavy atom. The first-order valence-electron chi connectivity index (χ1n) is 7.03. The van der Waals surface area contributed by atoms with Crippen LogP contribution in [0.25, 0.3) is 10.9 Å². The summed E-state index contributed by atoms with van der Waals surface area (Å²) in [4.78, 5) is 16.4. The molecule has 0 fully saturated rings.